The maximum absolute atomic E-state index is 14.3. The van der Waals surface area contributed by atoms with E-state index in [-0.39, 0.29) is 12.2 Å². The Hall–Kier alpha value is -5.15. The van der Waals surface area contributed by atoms with Crippen molar-refractivity contribution in [3.8, 4) is 22.9 Å². The number of nitrogens with zero attached hydrogens (tertiary/aromatic N) is 3. The van der Waals surface area contributed by atoms with E-state index in [2.05, 4.69) is 35.8 Å². The predicted molar refractivity (Wildman–Crippen MR) is 152 cm³/mol. The first-order chi connectivity index (χ1) is 19.6. The molecule has 0 saturated carbocycles. The predicted octanol–water partition coefficient (Wildman–Crippen LogP) is 7.83. The summed E-state index contributed by atoms with van der Waals surface area (Å²) in [5.74, 6) is 2.07. The zero-order valence-corrected chi connectivity index (χ0v) is 22.0. The molecule has 0 radical (unpaired) electrons. The van der Waals surface area contributed by atoms with Crippen molar-refractivity contribution in [1.29, 1.82) is 5.26 Å². The number of hydrogen-bond acceptors (Lipinski definition) is 4. The number of nitriles is 1. The van der Waals surface area contributed by atoms with Crippen molar-refractivity contribution in [3.05, 3.63) is 143 Å². The molecule has 6 rings (SSSR count). The topological polar surface area (TPSA) is 64.0 Å². The molecule has 0 saturated heterocycles. The van der Waals surface area contributed by atoms with Crippen molar-refractivity contribution in [2.75, 3.05) is 0 Å². The molecule has 2 aromatic heterocycles. The number of imidazole rings is 1. The Morgan fingerprint density at radius 1 is 0.950 bits per heavy atom. The van der Waals surface area contributed by atoms with E-state index < -0.39 is 5.82 Å². The molecular formula is C34H26FN3O2. The van der Waals surface area contributed by atoms with E-state index in [9.17, 15) is 4.39 Å². The number of hydrogen-bond donors (Lipinski definition) is 0. The molecule has 0 atom stereocenters. The summed E-state index contributed by atoms with van der Waals surface area (Å²) >= 11 is 0. The van der Waals surface area contributed by atoms with Gasteiger partial charge in [-0.3, -0.25) is 0 Å². The van der Waals surface area contributed by atoms with Gasteiger partial charge in [0.2, 0.25) is 0 Å². The maximum Gasteiger partial charge on any atom is 0.131 e. The van der Waals surface area contributed by atoms with Gasteiger partial charge in [-0.15, -0.1) is 0 Å². The van der Waals surface area contributed by atoms with E-state index in [0.717, 1.165) is 39.3 Å². The van der Waals surface area contributed by atoms with Gasteiger partial charge in [-0.1, -0.05) is 48.5 Å². The maximum atomic E-state index is 14.3. The standard InChI is InChI=1S/C34H26FN3O2/c1-23-16-24(18-34-37-32-9-2-3-10-33(32)38(34)21-29-8-5-15-39-29)12-14-30(23)26-6-4-7-28(19-26)40-22-27-13-11-25(20-36)17-31(27)35/h2-17,19H,18,21-22H2,1H3. The van der Waals surface area contributed by atoms with Crippen LogP contribution in [0, 0.1) is 24.1 Å². The number of aromatic nitrogens is 2. The average Bonchev–Trinajstić information content (AvgIpc) is 3.61. The summed E-state index contributed by atoms with van der Waals surface area (Å²) in [5.41, 5.74) is 7.17. The molecule has 5 nitrogen and oxygen atoms in total. The highest BCUT2D eigenvalue weighted by molar-refractivity contribution is 5.76. The van der Waals surface area contributed by atoms with Gasteiger partial charge in [0.15, 0.2) is 0 Å². The highest BCUT2D eigenvalue weighted by atomic mass is 19.1. The van der Waals surface area contributed by atoms with Crippen molar-refractivity contribution >= 4 is 11.0 Å². The lowest BCUT2D eigenvalue weighted by Crippen LogP contribution is -2.05. The van der Waals surface area contributed by atoms with Crippen molar-refractivity contribution < 1.29 is 13.5 Å². The van der Waals surface area contributed by atoms with E-state index in [1.807, 2.05) is 60.7 Å². The summed E-state index contributed by atoms with van der Waals surface area (Å²) in [6.07, 6.45) is 2.39. The van der Waals surface area contributed by atoms with Crippen LogP contribution in [-0.4, -0.2) is 9.55 Å². The fourth-order valence-corrected chi connectivity index (χ4v) is 4.99. The second-order valence-corrected chi connectivity index (χ2v) is 9.74. The molecule has 6 aromatic rings. The van der Waals surface area contributed by atoms with Crippen molar-refractivity contribution in [2.45, 2.75) is 26.5 Å². The quantitative estimate of drug-likeness (QED) is 0.202. The molecular weight excluding hydrogens is 501 g/mol. The van der Waals surface area contributed by atoms with Gasteiger partial charge in [0, 0.05) is 12.0 Å². The first-order valence-corrected chi connectivity index (χ1v) is 13.1. The SMILES string of the molecule is Cc1cc(Cc2nc3ccccc3n2Cc2ccco2)ccc1-c1cccc(OCc2ccc(C#N)cc2F)c1. The third-order valence-corrected chi connectivity index (χ3v) is 7.00. The molecule has 4 aromatic carbocycles. The second-order valence-electron chi connectivity index (χ2n) is 9.74. The van der Waals surface area contributed by atoms with Crippen LogP contribution in [0.5, 0.6) is 5.75 Å². The van der Waals surface area contributed by atoms with Gasteiger partial charge in [-0.2, -0.15) is 5.26 Å². The van der Waals surface area contributed by atoms with Gasteiger partial charge < -0.3 is 13.7 Å². The van der Waals surface area contributed by atoms with Gasteiger partial charge in [0.05, 0.1) is 35.5 Å². The van der Waals surface area contributed by atoms with Gasteiger partial charge in [0.1, 0.15) is 29.8 Å². The summed E-state index contributed by atoms with van der Waals surface area (Å²) in [4.78, 5) is 4.93. The monoisotopic (exact) mass is 527 g/mol. The lowest BCUT2D eigenvalue weighted by Gasteiger charge is -2.12. The first-order valence-electron chi connectivity index (χ1n) is 13.1. The van der Waals surface area contributed by atoms with Crippen LogP contribution in [0.2, 0.25) is 0 Å². The minimum atomic E-state index is -0.445. The van der Waals surface area contributed by atoms with Gasteiger partial charge in [-0.05, 0) is 77.7 Å². The van der Waals surface area contributed by atoms with Crippen LogP contribution in [0.15, 0.2) is 108 Å². The molecule has 6 heteroatoms. The van der Waals surface area contributed by atoms with E-state index in [4.69, 9.17) is 19.4 Å². The Labute approximate surface area is 231 Å². The molecule has 0 aliphatic rings. The molecule has 0 aliphatic carbocycles. The molecule has 0 N–H and O–H groups in total. The van der Waals surface area contributed by atoms with Crippen LogP contribution < -0.4 is 4.74 Å². The fourth-order valence-electron chi connectivity index (χ4n) is 4.99. The number of halogens is 1. The zero-order valence-electron chi connectivity index (χ0n) is 22.0. The summed E-state index contributed by atoms with van der Waals surface area (Å²) in [5, 5.41) is 8.95. The summed E-state index contributed by atoms with van der Waals surface area (Å²) in [7, 11) is 0. The molecule has 0 fully saturated rings. The normalized spacial score (nSPS) is 11.0. The molecule has 40 heavy (non-hydrogen) atoms. The fraction of sp³-hybridized carbons (Fsp3) is 0.118. The minimum absolute atomic E-state index is 0.0813. The van der Waals surface area contributed by atoms with E-state index >= 15 is 0 Å². The molecule has 0 unspecified atom stereocenters. The Balaban J connectivity index is 1.22. The lowest BCUT2D eigenvalue weighted by molar-refractivity contribution is 0.300. The third kappa shape index (κ3) is 5.23. The van der Waals surface area contributed by atoms with E-state index in [1.165, 1.54) is 11.6 Å². The Morgan fingerprint density at radius 2 is 1.85 bits per heavy atom. The minimum Gasteiger partial charge on any atom is -0.489 e. The lowest BCUT2D eigenvalue weighted by atomic mass is 9.97. The summed E-state index contributed by atoms with van der Waals surface area (Å²) in [6.45, 7) is 2.81. The highest BCUT2D eigenvalue weighted by Crippen LogP contribution is 2.29. The number of para-hydroxylation sites is 2. The first kappa shape index (κ1) is 25.1. The molecule has 0 bridgehead atoms. The second kappa shape index (κ2) is 10.9. The van der Waals surface area contributed by atoms with Crippen LogP contribution in [-0.2, 0) is 19.6 Å². The van der Waals surface area contributed by atoms with Gasteiger partial charge in [-0.25, -0.2) is 9.37 Å². The number of fused-ring (bicyclic) bond motifs is 1. The number of rotatable bonds is 8. The highest BCUT2D eigenvalue weighted by Gasteiger charge is 2.14. The molecule has 2 heterocycles. The van der Waals surface area contributed by atoms with Crippen LogP contribution in [0.4, 0.5) is 4.39 Å². The van der Waals surface area contributed by atoms with Crippen molar-refractivity contribution in [3.63, 3.8) is 0 Å². The number of benzene rings is 4. The molecule has 0 amide bonds. The van der Waals surface area contributed by atoms with Crippen molar-refractivity contribution in [1.82, 2.24) is 9.55 Å². The Kier molecular flexibility index (Phi) is 6.86. The van der Waals surface area contributed by atoms with E-state index in [1.54, 1.807) is 18.4 Å². The van der Waals surface area contributed by atoms with Crippen LogP contribution >= 0.6 is 0 Å². The number of ether oxygens (including phenoxy) is 1. The Bertz CT molecular complexity index is 1850. The summed E-state index contributed by atoms with van der Waals surface area (Å²) in [6, 6.07) is 32.7. The third-order valence-electron chi connectivity index (χ3n) is 7.00. The summed E-state index contributed by atoms with van der Waals surface area (Å²) < 4.78 is 28.0. The Morgan fingerprint density at radius 3 is 2.65 bits per heavy atom. The molecule has 0 spiro atoms. The van der Waals surface area contributed by atoms with Gasteiger partial charge in [0.25, 0.3) is 0 Å². The molecule has 0 aliphatic heterocycles. The number of furan rings is 1. The van der Waals surface area contributed by atoms with E-state index in [0.29, 0.717) is 24.3 Å². The molecule has 196 valence electrons. The average molecular weight is 528 g/mol. The smallest absolute Gasteiger partial charge is 0.131 e. The van der Waals surface area contributed by atoms with Crippen LogP contribution in [0.3, 0.4) is 0 Å². The largest absolute Gasteiger partial charge is 0.489 e. The van der Waals surface area contributed by atoms with Gasteiger partial charge >= 0.3 is 0 Å². The van der Waals surface area contributed by atoms with Crippen LogP contribution in [0.1, 0.15) is 33.8 Å². The van der Waals surface area contributed by atoms with Crippen LogP contribution in [0.25, 0.3) is 22.2 Å². The zero-order chi connectivity index (χ0) is 27.5. The van der Waals surface area contributed by atoms with Crippen molar-refractivity contribution in [2.24, 2.45) is 0 Å². The number of aryl methyl sites for hydroxylation is 1.